The van der Waals surface area contributed by atoms with Crippen molar-refractivity contribution in [3.05, 3.63) is 20.8 Å². The van der Waals surface area contributed by atoms with Crippen molar-refractivity contribution < 1.29 is 0 Å². The van der Waals surface area contributed by atoms with Crippen molar-refractivity contribution in [2.75, 3.05) is 20.1 Å². The molecule has 1 N–H and O–H groups in total. The lowest BCUT2D eigenvalue weighted by atomic mass is 9.94. The molecule has 1 aliphatic rings. The average Bonchev–Trinajstić information content (AvgIpc) is 2.65. The van der Waals surface area contributed by atoms with Gasteiger partial charge in [-0.15, -0.1) is 11.3 Å². The van der Waals surface area contributed by atoms with E-state index in [4.69, 9.17) is 0 Å². The molecule has 2 nitrogen and oxygen atoms in total. The molecule has 1 aliphatic heterocycles. The minimum absolute atomic E-state index is 0.697. The molecule has 0 saturated carbocycles. The number of likely N-dealkylation sites (tertiary alicyclic amines) is 1. The molecule has 2 heterocycles. The van der Waals surface area contributed by atoms with Crippen molar-refractivity contribution in [1.29, 1.82) is 0 Å². The summed E-state index contributed by atoms with van der Waals surface area (Å²) in [5, 5.41) is 5.57. The third-order valence-corrected chi connectivity index (χ3v) is 5.33. The molecule has 2 unspecified atom stereocenters. The van der Waals surface area contributed by atoms with Crippen LogP contribution >= 0.6 is 27.3 Å². The lowest BCUT2D eigenvalue weighted by Gasteiger charge is -2.36. The summed E-state index contributed by atoms with van der Waals surface area (Å²) in [6, 6.07) is 2.84. The highest BCUT2D eigenvalue weighted by molar-refractivity contribution is 9.10. The Kier molecular flexibility index (Phi) is 4.41. The van der Waals surface area contributed by atoms with Gasteiger partial charge in [-0.1, -0.05) is 6.92 Å². The predicted octanol–water partition coefficient (Wildman–Crippen LogP) is 2.94. The van der Waals surface area contributed by atoms with Gasteiger partial charge in [-0.05, 0) is 46.8 Å². The maximum absolute atomic E-state index is 3.61. The zero-order valence-corrected chi connectivity index (χ0v) is 12.3. The molecule has 0 amide bonds. The highest BCUT2D eigenvalue weighted by Gasteiger charge is 2.25. The number of thiophene rings is 1. The first-order valence-corrected chi connectivity index (χ1v) is 7.49. The van der Waals surface area contributed by atoms with Gasteiger partial charge < -0.3 is 5.32 Å². The van der Waals surface area contributed by atoms with Crippen molar-refractivity contribution in [3.8, 4) is 0 Å². The van der Waals surface area contributed by atoms with Gasteiger partial charge in [0.2, 0.25) is 0 Å². The Morgan fingerprint density at radius 1 is 1.62 bits per heavy atom. The Labute approximate surface area is 110 Å². The van der Waals surface area contributed by atoms with E-state index in [-0.39, 0.29) is 0 Å². The first-order chi connectivity index (χ1) is 7.70. The fourth-order valence-electron chi connectivity index (χ4n) is 2.45. The standard InChI is InChI=1S/C12H19BrN2S/c1-9-7-15(5-3-11(9)14-2)8-12-10(13)4-6-16-12/h4,6,9,11,14H,3,5,7-8H2,1-2H3. The second kappa shape index (κ2) is 5.63. The predicted molar refractivity (Wildman–Crippen MR) is 73.9 cm³/mol. The van der Waals surface area contributed by atoms with E-state index < -0.39 is 0 Å². The molecule has 16 heavy (non-hydrogen) atoms. The lowest BCUT2D eigenvalue weighted by molar-refractivity contribution is 0.146. The van der Waals surface area contributed by atoms with Crippen molar-refractivity contribution in [1.82, 2.24) is 10.2 Å². The van der Waals surface area contributed by atoms with Gasteiger partial charge in [-0.25, -0.2) is 0 Å². The third-order valence-electron chi connectivity index (χ3n) is 3.42. The van der Waals surface area contributed by atoms with Crippen LogP contribution in [-0.4, -0.2) is 31.1 Å². The Morgan fingerprint density at radius 2 is 2.44 bits per heavy atom. The molecule has 90 valence electrons. The van der Waals surface area contributed by atoms with Gasteiger partial charge in [-0.3, -0.25) is 4.90 Å². The molecule has 0 aromatic carbocycles. The monoisotopic (exact) mass is 302 g/mol. The first-order valence-electron chi connectivity index (χ1n) is 5.82. The molecule has 4 heteroatoms. The summed E-state index contributed by atoms with van der Waals surface area (Å²) in [6.07, 6.45) is 1.26. The highest BCUT2D eigenvalue weighted by atomic mass is 79.9. The number of hydrogen-bond donors (Lipinski definition) is 1. The van der Waals surface area contributed by atoms with Crippen LogP contribution in [0, 0.1) is 5.92 Å². The molecule has 0 bridgehead atoms. The average molecular weight is 303 g/mol. The Balaban J connectivity index is 1.91. The summed E-state index contributed by atoms with van der Waals surface area (Å²) in [6.45, 7) is 5.85. The SMILES string of the molecule is CNC1CCN(Cc2sccc2Br)CC1C. The summed E-state index contributed by atoms with van der Waals surface area (Å²) < 4.78 is 1.26. The normalized spacial score (nSPS) is 27.2. The summed E-state index contributed by atoms with van der Waals surface area (Å²) in [5.41, 5.74) is 0. The van der Waals surface area contributed by atoms with E-state index >= 15 is 0 Å². The van der Waals surface area contributed by atoms with Crippen LogP contribution in [0.25, 0.3) is 0 Å². The second-order valence-corrected chi connectivity index (χ2v) is 6.44. The zero-order valence-electron chi connectivity index (χ0n) is 9.87. The van der Waals surface area contributed by atoms with E-state index in [1.54, 1.807) is 0 Å². The molecular formula is C12H19BrN2S. The van der Waals surface area contributed by atoms with Crippen LogP contribution in [0.1, 0.15) is 18.2 Å². The number of nitrogens with one attached hydrogen (secondary N) is 1. The quantitative estimate of drug-likeness (QED) is 0.923. The third kappa shape index (κ3) is 2.86. The molecule has 2 rings (SSSR count). The Bertz CT molecular complexity index is 340. The minimum Gasteiger partial charge on any atom is -0.317 e. The summed E-state index contributed by atoms with van der Waals surface area (Å²) in [4.78, 5) is 4.02. The number of rotatable bonds is 3. The molecular weight excluding hydrogens is 284 g/mol. The molecule has 1 aromatic heterocycles. The Hall–Kier alpha value is 0.100. The molecule has 0 aliphatic carbocycles. The zero-order chi connectivity index (χ0) is 11.5. The largest absolute Gasteiger partial charge is 0.317 e. The maximum atomic E-state index is 3.61. The molecule has 1 aromatic rings. The van der Waals surface area contributed by atoms with Crippen molar-refractivity contribution in [2.45, 2.75) is 25.9 Å². The van der Waals surface area contributed by atoms with Crippen LogP contribution in [0.3, 0.4) is 0 Å². The van der Waals surface area contributed by atoms with Gasteiger partial charge >= 0.3 is 0 Å². The fraction of sp³-hybridized carbons (Fsp3) is 0.667. The highest BCUT2D eigenvalue weighted by Crippen LogP contribution is 2.26. The van der Waals surface area contributed by atoms with Crippen LogP contribution in [0.5, 0.6) is 0 Å². The first kappa shape index (κ1) is 12.6. The van der Waals surface area contributed by atoms with E-state index in [1.807, 2.05) is 11.3 Å². The van der Waals surface area contributed by atoms with Crippen LogP contribution in [0.4, 0.5) is 0 Å². The van der Waals surface area contributed by atoms with Crippen molar-refractivity contribution >= 4 is 27.3 Å². The summed E-state index contributed by atoms with van der Waals surface area (Å²) in [7, 11) is 2.08. The van der Waals surface area contributed by atoms with E-state index in [0.29, 0.717) is 6.04 Å². The minimum atomic E-state index is 0.697. The molecule has 0 spiro atoms. The van der Waals surface area contributed by atoms with Gasteiger partial charge in [0, 0.05) is 35.0 Å². The molecule has 1 saturated heterocycles. The topological polar surface area (TPSA) is 15.3 Å². The molecule has 1 fully saturated rings. The summed E-state index contributed by atoms with van der Waals surface area (Å²) in [5.74, 6) is 0.748. The smallest absolute Gasteiger partial charge is 0.0339 e. The van der Waals surface area contributed by atoms with Gasteiger partial charge in [0.05, 0.1) is 0 Å². The van der Waals surface area contributed by atoms with Crippen LogP contribution in [0.2, 0.25) is 0 Å². The van der Waals surface area contributed by atoms with Crippen molar-refractivity contribution in [3.63, 3.8) is 0 Å². The fourth-order valence-corrected chi connectivity index (χ4v) is 3.96. The van der Waals surface area contributed by atoms with E-state index in [2.05, 4.69) is 51.6 Å². The van der Waals surface area contributed by atoms with Crippen LogP contribution < -0.4 is 5.32 Å². The van der Waals surface area contributed by atoms with Crippen molar-refractivity contribution in [2.24, 2.45) is 5.92 Å². The van der Waals surface area contributed by atoms with Crippen LogP contribution in [-0.2, 0) is 6.54 Å². The van der Waals surface area contributed by atoms with Crippen LogP contribution in [0.15, 0.2) is 15.9 Å². The van der Waals surface area contributed by atoms with E-state index in [0.717, 1.165) is 12.5 Å². The summed E-state index contributed by atoms with van der Waals surface area (Å²) >= 11 is 5.45. The van der Waals surface area contributed by atoms with Gasteiger partial charge in [-0.2, -0.15) is 0 Å². The molecule has 0 radical (unpaired) electrons. The number of nitrogens with zero attached hydrogens (tertiary/aromatic N) is 1. The number of halogens is 1. The van der Waals surface area contributed by atoms with E-state index in [9.17, 15) is 0 Å². The maximum Gasteiger partial charge on any atom is 0.0339 e. The number of piperidine rings is 1. The number of hydrogen-bond acceptors (Lipinski definition) is 3. The molecule has 2 atom stereocenters. The van der Waals surface area contributed by atoms with Gasteiger partial charge in [0.1, 0.15) is 0 Å². The van der Waals surface area contributed by atoms with E-state index in [1.165, 1.54) is 28.9 Å². The second-order valence-electron chi connectivity index (χ2n) is 4.59. The lowest BCUT2D eigenvalue weighted by Crippen LogP contribution is -2.46. The van der Waals surface area contributed by atoms with Gasteiger partial charge in [0.15, 0.2) is 0 Å². The Morgan fingerprint density at radius 3 is 3.00 bits per heavy atom. The van der Waals surface area contributed by atoms with Gasteiger partial charge in [0.25, 0.3) is 0 Å².